The molecular weight excluding hydrogens is 369 g/mol. The van der Waals surface area contributed by atoms with Crippen molar-refractivity contribution in [3.63, 3.8) is 0 Å². The second-order valence-electron chi connectivity index (χ2n) is 7.39. The van der Waals surface area contributed by atoms with Gasteiger partial charge < -0.3 is 4.90 Å². The molecule has 2 atom stereocenters. The van der Waals surface area contributed by atoms with Crippen LogP contribution in [-0.4, -0.2) is 18.3 Å². The number of hydrogen-bond acceptors (Lipinski definition) is 2. The summed E-state index contributed by atoms with van der Waals surface area (Å²) in [7, 11) is 0. The third-order valence-corrected chi connectivity index (χ3v) is 7.63. The van der Waals surface area contributed by atoms with E-state index in [2.05, 4.69) is 23.1 Å². The molecule has 1 aliphatic carbocycles. The average molecular weight is 390 g/mol. The van der Waals surface area contributed by atoms with E-state index in [1.807, 2.05) is 23.9 Å². The Labute approximate surface area is 163 Å². The maximum absolute atomic E-state index is 6.52. The highest BCUT2D eigenvalue weighted by molar-refractivity contribution is 7.99. The van der Waals surface area contributed by atoms with Crippen LogP contribution in [0.5, 0.6) is 0 Å². The highest BCUT2D eigenvalue weighted by Gasteiger charge is 2.41. The Morgan fingerprint density at radius 2 is 1.88 bits per heavy atom. The second-order valence-corrected chi connectivity index (χ2v) is 9.37. The van der Waals surface area contributed by atoms with Gasteiger partial charge in [0.15, 0.2) is 0 Å². The molecule has 0 amide bonds. The van der Waals surface area contributed by atoms with Crippen LogP contribution in [-0.2, 0) is 0 Å². The lowest BCUT2D eigenvalue weighted by molar-refractivity contribution is 0.386. The van der Waals surface area contributed by atoms with Crippen molar-refractivity contribution in [2.45, 2.75) is 49.0 Å². The van der Waals surface area contributed by atoms with E-state index >= 15 is 0 Å². The predicted molar refractivity (Wildman–Crippen MR) is 110 cm³/mol. The van der Waals surface area contributed by atoms with Gasteiger partial charge >= 0.3 is 0 Å². The van der Waals surface area contributed by atoms with Crippen LogP contribution in [0.3, 0.4) is 0 Å². The lowest BCUT2D eigenvalue weighted by atomic mass is 9.82. The fourth-order valence-electron chi connectivity index (χ4n) is 4.92. The summed E-state index contributed by atoms with van der Waals surface area (Å²) in [6.45, 7) is 1.22. The van der Waals surface area contributed by atoms with E-state index in [9.17, 15) is 0 Å². The summed E-state index contributed by atoms with van der Waals surface area (Å²) in [6.07, 6.45) is 6.70. The first kappa shape index (κ1) is 16.4. The lowest BCUT2D eigenvalue weighted by Gasteiger charge is -2.33. The summed E-state index contributed by atoms with van der Waals surface area (Å²) in [5.41, 5.74) is 5.45. The van der Waals surface area contributed by atoms with Gasteiger partial charge in [-0.2, -0.15) is 0 Å². The van der Waals surface area contributed by atoms with E-state index in [-0.39, 0.29) is 0 Å². The minimum absolute atomic E-state index is 0.695. The molecule has 0 saturated heterocycles. The second kappa shape index (κ2) is 6.40. The zero-order valence-corrected chi connectivity index (χ0v) is 16.4. The monoisotopic (exact) mass is 389 g/mol. The molecule has 130 valence electrons. The van der Waals surface area contributed by atoms with E-state index in [0.29, 0.717) is 10.9 Å². The van der Waals surface area contributed by atoms with Crippen molar-refractivity contribution in [3.05, 3.63) is 45.9 Å². The summed E-state index contributed by atoms with van der Waals surface area (Å²) >= 11 is 14.6. The van der Waals surface area contributed by atoms with Gasteiger partial charge in [-0.25, -0.2) is 0 Å². The molecule has 0 N–H and O–H groups in total. The van der Waals surface area contributed by atoms with Crippen molar-refractivity contribution in [2.75, 3.05) is 17.2 Å². The van der Waals surface area contributed by atoms with Crippen LogP contribution in [0.15, 0.2) is 35.2 Å². The lowest BCUT2D eigenvalue weighted by Crippen LogP contribution is -2.36. The van der Waals surface area contributed by atoms with Gasteiger partial charge in [-0.15, -0.1) is 11.8 Å². The van der Waals surface area contributed by atoms with Crippen molar-refractivity contribution < 1.29 is 0 Å². The first-order chi connectivity index (χ1) is 12.2. The molecule has 0 aromatic heterocycles. The normalized spacial score (nSPS) is 24.6. The Morgan fingerprint density at radius 3 is 2.76 bits per heavy atom. The molecule has 0 spiro atoms. The van der Waals surface area contributed by atoms with E-state index in [0.717, 1.165) is 16.6 Å². The Morgan fingerprint density at radius 1 is 1.00 bits per heavy atom. The van der Waals surface area contributed by atoms with Crippen LogP contribution >= 0.6 is 35.0 Å². The van der Waals surface area contributed by atoms with E-state index < -0.39 is 0 Å². The van der Waals surface area contributed by atoms with Gasteiger partial charge in [0.1, 0.15) is 0 Å². The summed E-state index contributed by atoms with van der Waals surface area (Å²) in [5, 5.41) is 1.44. The molecule has 4 heteroatoms. The van der Waals surface area contributed by atoms with Crippen molar-refractivity contribution >= 4 is 40.7 Å². The maximum Gasteiger partial charge on any atom is 0.0543 e. The molecule has 2 heterocycles. The first-order valence-electron chi connectivity index (χ1n) is 9.25. The molecule has 2 aromatic rings. The Hall–Kier alpha value is -0.830. The van der Waals surface area contributed by atoms with Crippen LogP contribution in [0.1, 0.15) is 43.6 Å². The van der Waals surface area contributed by atoms with Crippen molar-refractivity contribution in [1.82, 2.24) is 0 Å². The summed E-state index contributed by atoms with van der Waals surface area (Å²) < 4.78 is 0. The number of rotatable bonds is 1. The molecule has 5 rings (SSSR count). The fourth-order valence-corrected chi connectivity index (χ4v) is 6.51. The van der Waals surface area contributed by atoms with Gasteiger partial charge in [0.25, 0.3) is 0 Å². The zero-order chi connectivity index (χ0) is 17.0. The highest BCUT2D eigenvalue weighted by atomic mass is 35.5. The number of halogens is 2. The number of fused-ring (bicyclic) bond motifs is 3. The zero-order valence-electron chi connectivity index (χ0n) is 14.1. The number of anilines is 1. The highest BCUT2D eigenvalue weighted by Crippen LogP contribution is 2.54. The quantitative estimate of drug-likeness (QED) is 0.516. The molecule has 1 saturated carbocycles. The van der Waals surface area contributed by atoms with E-state index in [4.69, 9.17) is 23.2 Å². The van der Waals surface area contributed by atoms with Crippen molar-refractivity contribution in [2.24, 2.45) is 0 Å². The van der Waals surface area contributed by atoms with Crippen LogP contribution in [0.4, 0.5) is 5.69 Å². The molecule has 0 unspecified atom stereocenters. The first-order valence-corrected chi connectivity index (χ1v) is 11.0. The Bertz CT molecular complexity index is 835. The van der Waals surface area contributed by atoms with Gasteiger partial charge in [-0.3, -0.25) is 0 Å². The van der Waals surface area contributed by atoms with Crippen LogP contribution in [0.25, 0.3) is 11.1 Å². The molecule has 0 bridgehead atoms. The topological polar surface area (TPSA) is 3.24 Å². The largest absolute Gasteiger partial charge is 0.367 e. The molecule has 1 fully saturated rings. The Kier molecular flexibility index (Phi) is 4.19. The van der Waals surface area contributed by atoms with Gasteiger partial charge in [0.05, 0.1) is 5.69 Å². The van der Waals surface area contributed by atoms with E-state index in [1.54, 1.807) is 5.56 Å². The minimum atomic E-state index is 0.695. The predicted octanol–water partition coefficient (Wildman–Crippen LogP) is 7.00. The maximum atomic E-state index is 6.52. The molecule has 3 aliphatic rings. The summed E-state index contributed by atoms with van der Waals surface area (Å²) in [4.78, 5) is 4.19. The minimum Gasteiger partial charge on any atom is -0.367 e. The number of benzene rings is 2. The summed E-state index contributed by atoms with van der Waals surface area (Å²) in [5.74, 6) is 1.91. The van der Waals surface area contributed by atoms with Gasteiger partial charge in [0.2, 0.25) is 0 Å². The Balaban J connectivity index is 1.69. The van der Waals surface area contributed by atoms with Crippen molar-refractivity contribution in [1.29, 1.82) is 0 Å². The molecule has 2 aromatic carbocycles. The fraction of sp³-hybridized carbons (Fsp3) is 0.429. The van der Waals surface area contributed by atoms with Crippen LogP contribution in [0.2, 0.25) is 10.0 Å². The van der Waals surface area contributed by atoms with Gasteiger partial charge in [-0.1, -0.05) is 42.1 Å². The van der Waals surface area contributed by atoms with Gasteiger partial charge in [0, 0.05) is 39.0 Å². The smallest absolute Gasteiger partial charge is 0.0543 e. The number of hydrogen-bond donors (Lipinski definition) is 0. The summed E-state index contributed by atoms with van der Waals surface area (Å²) in [6, 6.07) is 11.4. The molecule has 1 nitrogen and oxygen atoms in total. The van der Waals surface area contributed by atoms with Gasteiger partial charge in [-0.05, 0) is 60.4 Å². The van der Waals surface area contributed by atoms with Crippen LogP contribution in [0, 0.1) is 0 Å². The SMILES string of the molecule is Clc1ccc(-c2cc3c4c(c2)[C@@H]2CCCC[C@@H]2N4CCCS3)c(Cl)c1. The molecule has 0 radical (unpaired) electrons. The van der Waals surface area contributed by atoms with Crippen molar-refractivity contribution in [3.8, 4) is 11.1 Å². The standard InChI is InChI=1S/C21H21Cl2NS/c22-14-6-7-15(18(23)12-14)13-10-17-16-4-1-2-5-19(16)24-8-3-9-25-20(11-13)21(17)24/h6-7,10-12,16,19H,1-5,8-9H2/t16-,19-/m0/s1. The molecule has 25 heavy (non-hydrogen) atoms. The third kappa shape index (κ3) is 2.69. The third-order valence-electron chi connectivity index (χ3n) is 5.96. The molecular formula is C21H21Cl2NS. The number of nitrogens with zero attached hydrogens (tertiary/aromatic N) is 1. The van der Waals surface area contributed by atoms with E-state index in [1.165, 1.54) is 60.5 Å². The number of thioether (sulfide) groups is 1. The average Bonchev–Trinajstić information content (AvgIpc) is 2.77. The van der Waals surface area contributed by atoms with Crippen LogP contribution < -0.4 is 4.90 Å². The molecule has 2 aliphatic heterocycles.